The van der Waals surface area contributed by atoms with Gasteiger partial charge in [0.25, 0.3) is 0 Å². The fraction of sp³-hybridized carbons (Fsp3) is 0.294. The minimum atomic E-state index is -0.541. The van der Waals surface area contributed by atoms with E-state index in [1.807, 2.05) is 0 Å². The third-order valence-electron chi connectivity index (χ3n) is 2.65. The lowest BCUT2D eigenvalue weighted by Gasteiger charge is -2.18. The van der Waals surface area contributed by atoms with Gasteiger partial charge in [-0.05, 0) is 39.0 Å². The molecule has 0 spiro atoms. The van der Waals surface area contributed by atoms with Gasteiger partial charge >= 0.3 is 6.09 Å². The topological polar surface area (TPSA) is 84.6 Å². The van der Waals surface area contributed by atoms with Crippen molar-refractivity contribution in [3.63, 3.8) is 0 Å². The molecule has 0 radical (unpaired) electrons. The molecule has 0 aliphatic carbocycles. The van der Waals surface area contributed by atoms with Crippen LogP contribution in [0.5, 0.6) is 5.75 Å². The Bertz CT molecular complexity index is 734. The van der Waals surface area contributed by atoms with Crippen LogP contribution in [0.25, 0.3) is 11.3 Å². The molecule has 0 saturated heterocycles. The standard InChI is InChI=1S/C17H18N2O4/c1-17(2,3)22-16(21)18-9-4-5-12-6-7-14(20)13(11-12)15-8-10-19-23-15/h6-8,10-11,20H,9H2,1-3H3,(H,18,21). The monoisotopic (exact) mass is 314 g/mol. The number of nitrogens with one attached hydrogen (secondary N) is 1. The zero-order valence-electron chi connectivity index (χ0n) is 13.2. The molecule has 120 valence electrons. The van der Waals surface area contributed by atoms with Crippen LogP contribution in [0.4, 0.5) is 4.79 Å². The first-order valence-electron chi connectivity index (χ1n) is 7.05. The van der Waals surface area contributed by atoms with Gasteiger partial charge in [-0.2, -0.15) is 0 Å². The van der Waals surface area contributed by atoms with Gasteiger partial charge < -0.3 is 19.7 Å². The van der Waals surface area contributed by atoms with Crippen molar-refractivity contribution in [1.82, 2.24) is 10.5 Å². The molecule has 1 aromatic heterocycles. The number of hydrogen-bond donors (Lipinski definition) is 2. The first kappa shape index (κ1) is 16.4. The molecule has 1 heterocycles. The first-order chi connectivity index (χ1) is 10.8. The Labute approximate surface area is 134 Å². The zero-order chi connectivity index (χ0) is 16.9. The van der Waals surface area contributed by atoms with Crippen molar-refractivity contribution in [2.45, 2.75) is 26.4 Å². The Morgan fingerprint density at radius 1 is 1.39 bits per heavy atom. The van der Waals surface area contributed by atoms with Gasteiger partial charge in [-0.3, -0.25) is 0 Å². The largest absolute Gasteiger partial charge is 0.507 e. The number of carbonyl (C=O) groups is 1. The summed E-state index contributed by atoms with van der Waals surface area (Å²) in [7, 11) is 0. The Kier molecular flexibility index (Phi) is 4.91. The normalized spacial score (nSPS) is 10.6. The predicted molar refractivity (Wildman–Crippen MR) is 84.7 cm³/mol. The molecule has 0 aliphatic rings. The summed E-state index contributed by atoms with van der Waals surface area (Å²) in [6.07, 6.45) is 0.984. The van der Waals surface area contributed by atoms with E-state index in [1.165, 1.54) is 12.3 Å². The van der Waals surface area contributed by atoms with Gasteiger partial charge in [0.15, 0.2) is 5.76 Å². The van der Waals surface area contributed by atoms with E-state index in [0.29, 0.717) is 16.9 Å². The van der Waals surface area contributed by atoms with Gasteiger partial charge in [0.05, 0.1) is 18.3 Å². The van der Waals surface area contributed by atoms with Crippen LogP contribution >= 0.6 is 0 Å². The number of nitrogens with zero attached hydrogens (tertiary/aromatic N) is 1. The maximum absolute atomic E-state index is 11.5. The number of aromatic hydroxyl groups is 1. The van der Waals surface area contributed by atoms with E-state index in [9.17, 15) is 9.90 Å². The summed E-state index contributed by atoms with van der Waals surface area (Å²) in [6, 6.07) is 6.55. The average Bonchev–Trinajstić information content (AvgIpc) is 2.97. The van der Waals surface area contributed by atoms with E-state index in [0.717, 1.165) is 0 Å². The lowest BCUT2D eigenvalue weighted by Crippen LogP contribution is -2.32. The predicted octanol–water partition coefficient (Wildman–Crippen LogP) is 2.92. The lowest BCUT2D eigenvalue weighted by atomic mass is 10.1. The van der Waals surface area contributed by atoms with Crippen LogP contribution in [0.3, 0.4) is 0 Å². The van der Waals surface area contributed by atoms with Crippen molar-refractivity contribution in [2.24, 2.45) is 0 Å². The average molecular weight is 314 g/mol. The van der Waals surface area contributed by atoms with Gasteiger partial charge in [-0.15, -0.1) is 0 Å². The van der Waals surface area contributed by atoms with E-state index in [-0.39, 0.29) is 12.3 Å². The number of amides is 1. The Balaban J connectivity index is 1.99. The first-order valence-corrected chi connectivity index (χ1v) is 7.05. The number of hydrogen-bond acceptors (Lipinski definition) is 5. The van der Waals surface area contributed by atoms with E-state index >= 15 is 0 Å². The van der Waals surface area contributed by atoms with Crippen LogP contribution in [0, 0.1) is 11.8 Å². The summed E-state index contributed by atoms with van der Waals surface area (Å²) < 4.78 is 10.1. The maximum Gasteiger partial charge on any atom is 0.408 e. The third kappa shape index (κ3) is 5.08. The highest BCUT2D eigenvalue weighted by Gasteiger charge is 2.15. The molecule has 2 aromatic rings. The molecule has 2 rings (SSSR count). The minimum Gasteiger partial charge on any atom is -0.507 e. The highest BCUT2D eigenvalue weighted by Crippen LogP contribution is 2.29. The zero-order valence-corrected chi connectivity index (χ0v) is 13.2. The molecule has 1 amide bonds. The van der Waals surface area contributed by atoms with Crippen molar-refractivity contribution in [1.29, 1.82) is 0 Å². The molecular formula is C17H18N2O4. The van der Waals surface area contributed by atoms with Crippen molar-refractivity contribution in [3.05, 3.63) is 36.0 Å². The molecule has 0 unspecified atom stereocenters. The summed E-state index contributed by atoms with van der Waals surface area (Å²) in [5.41, 5.74) is 0.648. The number of ether oxygens (including phenoxy) is 1. The molecule has 1 aromatic carbocycles. The summed E-state index contributed by atoms with van der Waals surface area (Å²) in [5, 5.41) is 16.0. The quantitative estimate of drug-likeness (QED) is 0.833. The van der Waals surface area contributed by atoms with Crippen LogP contribution < -0.4 is 5.32 Å². The number of aromatic nitrogens is 1. The molecule has 0 fully saturated rings. The van der Waals surface area contributed by atoms with Crippen LogP contribution in [0.15, 0.2) is 35.0 Å². The van der Waals surface area contributed by atoms with Crippen molar-refractivity contribution in [3.8, 4) is 28.9 Å². The van der Waals surface area contributed by atoms with E-state index in [1.54, 1.807) is 39.0 Å². The van der Waals surface area contributed by atoms with E-state index in [4.69, 9.17) is 9.26 Å². The van der Waals surface area contributed by atoms with Gasteiger partial charge in [0.1, 0.15) is 11.4 Å². The van der Waals surface area contributed by atoms with Gasteiger partial charge in [0, 0.05) is 11.6 Å². The second-order valence-electron chi connectivity index (χ2n) is 5.77. The number of phenols is 1. The van der Waals surface area contributed by atoms with Gasteiger partial charge in [-0.25, -0.2) is 4.79 Å². The fourth-order valence-electron chi connectivity index (χ4n) is 1.74. The van der Waals surface area contributed by atoms with E-state index < -0.39 is 11.7 Å². The molecule has 0 atom stereocenters. The summed E-state index contributed by atoms with van der Waals surface area (Å²) in [4.78, 5) is 11.5. The van der Waals surface area contributed by atoms with Crippen molar-refractivity contribution < 1.29 is 19.2 Å². The van der Waals surface area contributed by atoms with Gasteiger partial charge in [-0.1, -0.05) is 17.0 Å². The summed E-state index contributed by atoms with van der Waals surface area (Å²) in [6.45, 7) is 5.53. The van der Waals surface area contributed by atoms with Crippen molar-refractivity contribution in [2.75, 3.05) is 6.54 Å². The Morgan fingerprint density at radius 3 is 2.83 bits per heavy atom. The number of carbonyl (C=O) groups excluding carboxylic acids is 1. The fourth-order valence-corrected chi connectivity index (χ4v) is 1.74. The van der Waals surface area contributed by atoms with Crippen molar-refractivity contribution >= 4 is 6.09 Å². The Hall–Kier alpha value is -2.94. The second-order valence-corrected chi connectivity index (χ2v) is 5.77. The second kappa shape index (κ2) is 6.88. The molecule has 6 nitrogen and oxygen atoms in total. The number of rotatable bonds is 2. The smallest absolute Gasteiger partial charge is 0.408 e. The summed E-state index contributed by atoms with van der Waals surface area (Å²) >= 11 is 0. The molecule has 23 heavy (non-hydrogen) atoms. The van der Waals surface area contributed by atoms with Gasteiger partial charge in [0.2, 0.25) is 0 Å². The molecule has 2 N–H and O–H groups in total. The number of benzene rings is 1. The molecule has 6 heteroatoms. The minimum absolute atomic E-state index is 0.0826. The lowest BCUT2D eigenvalue weighted by molar-refractivity contribution is 0.0535. The van der Waals surface area contributed by atoms with Crippen LogP contribution in [0.2, 0.25) is 0 Å². The molecule has 0 bridgehead atoms. The molecule has 0 aliphatic heterocycles. The molecular weight excluding hydrogens is 296 g/mol. The molecule has 0 saturated carbocycles. The van der Waals surface area contributed by atoms with Crippen LogP contribution in [-0.2, 0) is 4.74 Å². The highest BCUT2D eigenvalue weighted by molar-refractivity contribution is 5.68. The maximum atomic E-state index is 11.5. The Morgan fingerprint density at radius 2 is 2.17 bits per heavy atom. The number of phenolic OH excluding ortho intramolecular Hbond substituents is 1. The van der Waals surface area contributed by atoms with Crippen LogP contribution in [0.1, 0.15) is 26.3 Å². The number of alkyl carbamates (subject to hydrolysis) is 1. The summed E-state index contributed by atoms with van der Waals surface area (Å²) in [5.74, 6) is 6.26. The van der Waals surface area contributed by atoms with Crippen LogP contribution in [-0.4, -0.2) is 28.5 Å². The highest BCUT2D eigenvalue weighted by atomic mass is 16.6. The van der Waals surface area contributed by atoms with E-state index in [2.05, 4.69) is 22.3 Å². The third-order valence-corrected chi connectivity index (χ3v) is 2.65. The SMILES string of the molecule is CC(C)(C)OC(=O)NCC#Cc1ccc(O)c(-c2ccno2)c1.